The molecule has 6 nitrogen and oxygen atoms in total. The highest BCUT2D eigenvalue weighted by Gasteiger charge is 2.10. The normalized spacial score (nSPS) is 10.9. The summed E-state index contributed by atoms with van der Waals surface area (Å²) in [7, 11) is 1.97. The first kappa shape index (κ1) is 16.0. The number of carbonyl (C=O) groups is 1. The summed E-state index contributed by atoms with van der Waals surface area (Å²) in [6.45, 7) is 2.54. The van der Waals surface area contributed by atoms with Gasteiger partial charge in [-0.3, -0.25) is 14.2 Å². The lowest BCUT2D eigenvalue weighted by molar-refractivity contribution is -0.120. The number of aryl methyl sites for hydroxylation is 2. The number of rotatable bonds is 5. The summed E-state index contributed by atoms with van der Waals surface area (Å²) in [6.07, 6.45) is 5.34. The van der Waals surface area contributed by atoms with Crippen molar-refractivity contribution < 1.29 is 4.79 Å². The summed E-state index contributed by atoms with van der Waals surface area (Å²) >= 11 is 0. The SMILES string of the molecule is Cc1cncn(CCNC(=O)Cc2cn(C)c3ccccc23)c1=O. The number of hydrogen-bond acceptors (Lipinski definition) is 3. The quantitative estimate of drug-likeness (QED) is 0.771. The van der Waals surface area contributed by atoms with Crippen molar-refractivity contribution in [1.82, 2.24) is 19.4 Å². The molecular weight excluding hydrogens is 304 g/mol. The highest BCUT2D eigenvalue weighted by Crippen LogP contribution is 2.20. The number of nitrogens with zero attached hydrogens (tertiary/aromatic N) is 3. The van der Waals surface area contributed by atoms with E-state index in [9.17, 15) is 9.59 Å². The topological polar surface area (TPSA) is 68.9 Å². The summed E-state index contributed by atoms with van der Waals surface area (Å²) in [5.74, 6) is -0.0555. The van der Waals surface area contributed by atoms with Crippen molar-refractivity contribution in [2.75, 3.05) is 6.54 Å². The average Bonchev–Trinajstić information content (AvgIpc) is 2.88. The van der Waals surface area contributed by atoms with E-state index in [1.807, 2.05) is 42.1 Å². The van der Waals surface area contributed by atoms with Crippen LogP contribution < -0.4 is 10.9 Å². The molecule has 0 radical (unpaired) electrons. The minimum atomic E-state index is -0.0756. The van der Waals surface area contributed by atoms with E-state index in [1.54, 1.807) is 6.92 Å². The number of amides is 1. The Balaban J connectivity index is 1.61. The van der Waals surface area contributed by atoms with Crippen molar-refractivity contribution in [2.24, 2.45) is 7.05 Å². The van der Waals surface area contributed by atoms with Crippen molar-refractivity contribution in [1.29, 1.82) is 0 Å². The van der Waals surface area contributed by atoms with Crippen molar-refractivity contribution in [3.05, 3.63) is 64.5 Å². The Bertz CT molecular complexity index is 940. The summed E-state index contributed by atoms with van der Waals surface area (Å²) in [4.78, 5) is 28.1. The van der Waals surface area contributed by atoms with E-state index in [1.165, 1.54) is 17.1 Å². The fourth-order valence-corrected chi connectivity index (χ4v) is 2.84. The molecule has 1 amide bonds. The number of carbonyl (C=O) groups excluding carboxylic acids is 1. The van der Waals surface area contributed by atoms with Crippen LogP contribution in [0, 0.1) is 6.92 Å². The van der Waals surface area contributed by atoms with Crippen LogP contribution in [0.4, 0.5) is 0 Å². The second kappa shape index (κ2) is 6.70. The summed E-state index contributed by atoms with van der Waals surface area (Å²) in [6, 6.07) is 8.02. The first-order chi connectivity index (χ1) is 11.6. The number of aromatic nitrogens is 3. The molecule has 2 aromatic heterocycles. The molecule has 0 saturated carbocycles. The third-order valence-corrected chi connectivity index (χ3v) is 4.08. The fraction of sp³-hybridized carbons (Fsp3) is 0.278. The van der Waals surface area contributed by atoms with Gasteiger partial charge in [-0.25, -0.2) is 4.98 Å². The lowest BCUT2D eigenvalue weighted by Crippen LogP contribution is -2.32. The van der Waals surface area contributed by atoms with E-state index in [0.717, 1.165) is 16.5 Å². The molecule has 6 heteroatoms. The van der Waals surface area contributed by atoms with Crippen LogP contribution in [0.25, 0.3) is 10.9 Å². The first-order valence-corrected chi connectivity index (χ1v) is 7.87. The van der Waals surface area contributed by atoms with Gasteiger partial charge in [0.05, 0.1) is 12.7 Å². The van der Waals surface area contributed by atoms with Crippen LogP contribution in [0.1, 0.15) is 11.1 Å². The van der Waals surface area contributed by atoms with Crippen molar-refractivity contribution in [3.63, 3.8) is 0 Å². The van der Waals surface area contributed by atoms with Crippen molar-refractivity contribution in [3.8, 4) is 0 Å². The van der Waals surface area contributed by atoms with Crippen LogP contribution >= 0.6 is 0 Å². The zero-order valence-corrected chi connectivity index (χ0v) is 13.8. The van der Waals surface area contributed by atoms with Crippen LogP contribution in [0.2, 0.25) is 0 Å². The van der Waals surface area contributed by atoms with Crippen LogP contribution in [0.5, 0.6) is 0 Å². The van der Waals surface area contributed by atoms with E-state index < -0.39 is 0 Å². The fourth-order valence-electron chi connectivity index (χ4n) is 2.84. The van der Waals surface area contributed by atoms with Crippen LogP contribution in [-0.4, -0.2) is 26.6 Å². The monoisotopic (exact) mass is 324 g/mol. The molecule has 24 heavy (non-hydrogen) atoms. The predicted molar refractivity (Wildman–Crippen MR) is 92.9 cm³/mol. The second-order valence-electron chi connectivity index (χ2n) is 5.88. The molecule has 0 bridgehead atoms. The van der Waals surface area contributed by atoms with Crippen LogP contribution in [0.15, 0.2) is 47.8 Å². The maximum Gasteiger partial charge on any atom is 0.256 e. The number of para-hydroxylation sites is 1. The largest absolute Gasteiger partial charge is 0.354 e. The Morgan fingerprint density at radius 1 is 1.29 bits per heavy atom. The van der Waals surface area contributed by atoms with E-state index >= 15 is 0 Å². The summed E-state index contributed by atoms with van der Waals surface area (Å²) < 4.78 is 3.53. The molecule has 0 spiro atoms. The maximum absolute atomic E-state index is 12.2. The Labute approximate surface area is 139 Å². The van der Waals surface area contributed by atoms with Gasteiger partial charge in [-0.1, -0.05) is 18.2 Å². The van der Waals surface area contributed by atoms with Crippen LogP contribution in [-0.2, 0) is 24.8 Å². The van der Waals surface area contributed by atoms with Gasteiger partial charge in [0.2, 0.25) is 5.91 Å². The molecule has 2 heterocycles. The Morgan fingerprint density at radius 3 is 2.92 bits per heavy atom. The van der Waals surface area contributed by atoms with Crippen molar-refractivity contribution in [2.45, 2.75) is 19.9 Å². The minimum absolute atomic E-state index is 0.0555. The number of fused-ring (bicyclic) bond motifs is 1. The zero-order chi connectivity index (χ0) is 17.1. The standard InChI is InChI=1S/C18H20N4O2/c1-13-10-19-12-22(18(13)24)8-7-20-17(23)9-14-11-21(2)16-6-4-3-5-15(14)16/h3-6,10-12H,7-9H2,1-2H3,(H,20,23). The van der Waals surface area contributed by atoms with E-state index in [0.29, 0.717) is 25.1 Å². The van der Waals surface area contributed by atoms with Gasteiger partial charge in [-0.05, 0) is 18.6 Å². The Hall–Kier alpha value is -2.89. The lowest BCUT2D eigenvalue weighted by atomic mass is 10.1. The highest BCUT2D eigenvalue weighted by molar-refractivity contribution is 5.89. The van der Waals surface area contributed by atoms with E-state index in [4.69, 9.17) is 0 Å². The molecule has 0 saturated heterocycles. The second-order valence-corrected chi connectivity index (χ2v) is 5.88. The molecular formula is C18H20N4O2. The first-order valence-electron chi connectivity index (χ1n) is 7.87. The minimum Gasteiger partial charge on any atom is -0.354 e. The van der Waals surface area contributed by atoms with Crippen LogP contribution in [0.3, 0.4) is 0 Å². The van der Waals surface area contributed by atoms with Gasteiger partial charge in [0, 0.05) is 49.0 Å². The zero-order valence-electron chi connectivity index (χ0n) is 13.8. The lowest BCUT2D eigenvalue weighted by Gasteiger charge is -2.07. The Morgan fingerprint density at radius 2 is 2.08 bits per heavy atom. The molecule has 0 aliphatic rings. The van der Waals surface area contributed by atoms with Gasteiger partial charge < -0.3 is 9.88 Å². The van der Waals surface area contributed by atoms with E-state index in [-0.39, 0.29) is 11.5 Å². The molecule has 0 aliphatic carbocycles. The molecule has 3 aromatic rings. The summed E-state index contributed by atoms with van der Waals surface area (Å²) in [5.41, 5.74) is 2.63. The number of nitrogens with one attached hydrogen (secondary N) is 1. The maximum atomic E-state index is 12.2. The molecule has 0 unspecified atom stereocenters. The molecule has 0 aliphatic heterocycles. The average molecular weight is 324 g/mol. The number of hydrogen-bond donors (Lipinski definition) is 1. The van der Waals surface area contributed by atoms with Gasteiger partial charge in [-0.2, -0.15) is 0 Å². The van der Waals surface area contributed by atoms with Gasteiger partial charge in [0.1, 0.15) is 0 Å². The highest BCUT2D eigenvalue weighted by atomic mass is 16.1. The predicted octanol–water partition coefficient (Wildman–Crippen LogP) is 1.40. The molecule has 1 aromatic carbocycles. The molecule has 1 N–H and O–H groups in total. The molecule has 3 rings (SSSR count). The number of benzene rings is 1. The smallest absolute Gasteiger partial charge is 0.256 e. The third-order valence-electron chi connectivity index (χ3n) is 4.08. The third kappa shape index (κ3) is 3.22. The molecule has 124 valence electrons. The van der Waals surface area contributed by atoms with Gasteiger partial charge in [-0.15, -0.1) is 0 Å². The Kier molecular flexibility index (Phi) is 4.46. The van der Waals surface area contributed by atoms with Gasteiger partial charge >= 0.3 is 0 Å². The molecule has 0 fully saturated rings. The van der Waals surface area contributed by atoms with Crippen molar-refractivity contribution >= 4 is 16.8 Å². The molecule has 0 atom stereocenters. The van der Waals surface area contributed by atoms with Gasteiger partial charge in [0.15, 0.2) is 0 Å². The summed E-state index contributed by atoms with van der Waals surface area (Å²) in [5, 5.41) is 3.96. The van der Waals surface area contributed by atoms with Gasteiger partial charge in [0.25, 0.3) is 5.56 Å². The van der Waals surface area contributed by atoms with E-state index in [2.05, 4.69) is 10.3 Å².